The normalized spacial score (nSPS) is 10.1. The highest BCUT2D eigenvalue weighted by atomic mass is 79.9. The Kier molecular flexibility index (Phi) is 2.50. The molecule has 1 aromatic carbocycles. The maximum Gasteiger partial charge on any atom is 0.253 e. The van der Waals surface area contributed by atoms with Crippen molar-refractivity contribution >= 4 is 21.6 Å². The van der Waals surface area contributed by atoms with Gasteiger partial charge in [-0.25, -0.2) is 0 Å². The van der Waals surface area contributed by atoms with Crippen LogP contribution in [0.3, 0.4) is 0 Å². The largest absolute Gasteiger partial charge is 0.394 e. The third-order valence-electron chi connectivity index (χ3n) is 1.96. The Morgan fingerprint density at radius 3 is 2.43 bits per heavy atom. The first-order chi connectivity index (χ1) is 6.77. The molecule has 2 aromatic rings. The minimum atomic E-state index is 0.747. The zero-order valence-corrected chi connectivity index (χ0v) is 9.11. The van der Waals surface area contributed by atoms with Gasteiger partial charge in [-0.1, -0.05) is 18.2 Å². The molecule has 0 saturated carbocycles. The number of aromatic nitrogens is 1. The van der Waals surface area contributed by atoms with Gasteiger partial charge in [0.1, 0.15) is 0 Å². The predicted octanol–water partition coefficient (Wildman–Crippen LogP) is 2.31. The van der Waals surface area contributed by atoms with Crippen LogP contribution in [0.5, 0.6) is 0 Å². The van der Waals surface area contributed by atoms with E-state index >= 15 is 0 Å². The van der Waals surface area contributed by atoms with Gasteiger partial charge in [-0.05, 0) is 6.07 Å². The van der Waals surface area contributed by atoms with E-state index in [-0.39, 0.29) is 0 Å². The average Bonchev–Trinajstić information content (AvgIpc) is 2.23. The van der Waals surface area contributed by atoms with Crippen molar-refractivity contribution in [3.63, 3.8) is 0 Å². The van der Waals surface area contributed by atoms with Gasteiger partial charge in [-0.15, -0.1) is 0 Å². The van der Waals surface area contributed by atoms with E-state index in [1.807, 2.05) is 53.2 Å². The fourth-order valence-electron chi connectivity index (χ4n) is 1.29. The Balaban J connectivity index is 2.57. The van der Waals surface area contributed by atoms with Gasteiger partial charge < -0.3 is 5.73 Å². The minimum Gasteiger partial charge on any atom is -0.394 e. The molecule has 14 heavy (non-hydrogen) atoms. The van der Waals surface area contributed by atoms with Crippen molar-refractivity contribution in [1.82, 2.24) is 0 Å². The van der Waals surface area contributed by atoms with Crippen molar-refractivity contribution in [2.45, 2.75) is 0 Å². The highest BCUT2D eigenvalue weighted by Gasteiger charge is 2.10. The standard InChI is InChI=1S/C11H10BrN2/c12-11-7-6-9(13)8-14(11)10-4-2-1-3-5-10/h1-8H,13H2/q+1. The number of nitrogen functional groups attached to an aromatic ring is 1. The third-order valence-corrected chi connectivity index (χ3v) is 2.60. The first-order valence-electron chi connectivity index (χ1n) is 4.29. The average molecular weight is 250 g/mol. The SMILES string of the molecule is Nc1ccc(Br)[n+](-c2ccccc2)c1. The second-order valence-electron chi connectivity index (χ2n) is 2.99. The maximum atomic E-state index is 5.72. The van der Waals surface area contributed by atoms with Crippen LogP contribution in [0.2, 0.25) is 0 Å². The van der Waals surface area contributed by atoms with Crippen LogP contribution in [0.15, 0.2) is 53.3 Å². The number of pyridine rings is 1. The summed E-state index contributed by atoms with van der Waals surface area (Å²) in [6.07, 6.45) is 1.89. The predicted molar refractivity (Wildman–Crippen MR) is 60.1 cm³/mol. The molecule has 0 aliphatic carbocycles. The molecule has 0 bridgehead atoms. The molecule has 0 aliphatic rings. The van der Waals surface area contributed by atoms with E-state index < -0.39 is 0 Å². The molecule has 0 aliphatic heterocycles. The van der Waals surface area contributed by atoms with E-state index in [2.05, 4.69) is 15.9 Å². The Morgan fingerprint density at radius 2 is 1.71 bits per heavy atom. The summed E-state index contributed by atoms with van der Waals surface area (Å²) < 4.78 is 2.98. The fourth-order valence-corrected chi connectivity index (χ4v) is 1.72. The monoisotopic (exact) mass is 249 g/mol. The van der Waals surface area contributed by atoms with Crippen molar-refractivity contribution in [1.29, 1.82) is 0 Å². The summed E-state index contributed by atoms with van der Waals surface area (Å²) in [5.74, 6) is 0. The lowest BCUT2D eigenvalue weighted by atomic mass is 10.3. The molecule has 0 spiro atoms. The number of benzene rings is 1. The molecule has 2 nitrogen and oxygen atoms in total. The quantitative estimate of drug-likeness (QED) is 0.610. The van der Waals surface area contributed by atoms with E-state index in [9.17, 15) is 0 Å². The smallest absolute Gasteiger partial charge is 0.253 e. The van der Waals surface area contributed by atoms with Gasteiger partial charge in [-0.3, -0.25) is 0 Å². The highest BCUT2D eigenvalue weighted by Crippen LogP contribution is 2.09. The summed E-state index contributed by atoms with van der Waals surface area (Å²) in [5, 5.41) is 0. The van der Waals surface area contributed by atoms with E-state index in [0.717, 1.165) is 16.0 Å². The summed E-state index contributed by atoms with van der Waals surface area (Å²) in [7, 11) is 0. The minimum absolute atomic E-state index is 0.747. The van der Waals surface area contributed by atoms with Gasteiger partial charge in [0.2, 0.25) is 5.69 Å². The number of rotatable bonds is 1. The third kappa shape index (κ3) is 1.77. The number of para-hydroxylation sites is 1. The summed E-state index contributed by atoms with van der Waals surface area (Å²) in [6, 6.07) is 13.8. The number of nitrogens with two attached hydrogens (primary N) is 1. The lowest BCUT2D eigenvalue weighted by Gasteiger charge is -1.98. The molecule has 3 heteroatoms. The maximum absolute atomic E-state index is 5.72. The number of hydrogen-bond acceptors (Lipinski definition) is 1. The van der Waals surface area contributed by atoms with E-state index in [0.29, 0.717) is 0 Å². The Bertz CT molecular complexity index is 440. The van der Waals surface area contributed by atoms with Crippen LogP contribution in [0.4, 0.5) is 5.69 Å². The molecule has 0 atom stereocenters. The molecule has 70 valence electrons. The van der Waals surface area contributed by atoms with Crippen molar-refractivity contribution < 1.29 is 4.57 Å². The number of nitrogens with zero attached hydrogens (tertiary/aromatic N) is 1. The van der Waals surface area contributed by atoms with Crippen molar-refractivity contribution in [3.05, 3.63) is 53.3 Å². The summed E-state index contributed by atoms with van der Waals surface area (Å²) in [4.78, 5) is 0. The van der Waals surface area contributed by atoms with Crippen molar-refractivity contribution in [2.24, 2.45) is 0 Å². The molecule has 0 radical (unpaired) electrons. The van der Waals surface area contributed by atoms with Gasteiger partial charge in [0.05, 0.1) is 5.69 Å². The van der Waals surface area contributed by atoms with Gasteiger partial charge >= 0.3 is 0 Å². The van der Waals surface area contributed by atoms with Gasteiger partial charge in [-0.2, -0.15) is 4.57 Å². The molecule has 1 aromatic heterocycles. The second-order valence-corrected chi connectivity index (χ2v) is 3.80. The molecule has 0 fully saturated rings. The number of anilines is 1. The van der Waals surface area contributed by atoms with Crippen LogP contribution < -0.4 is 10.3 Å². The number of hydrogen-bond donors (Lipinski definition) is 1. The summed E-state index contributed by atoms with van der Waals surface area (Å²) in [6.45, 7) is 0. The molecule has 1 heterocycles. The van der Waals surface area contributed by atoms with Crippen molar-refractivity contribution in [3.8, 4) is 5.69 Å². The summed E-state index contributed by atoms with van der Waals surface area (Å²) >= 11 is 3.47. The summed E-state index contributed by atoms with van der Waals surface area (Å²) in [5.41, 5.74) is 7.56. The van der Waals surface area contributed by atoms with Crippen LogP contribution in [0.1, 0.15) is 0 Å². The lowest BCUT2D eigenvalue weighted by Crippen LogP contribution is -2.32. The first-order valence-corrected chi connectivity index (χ1v) is 5.09. The Labute approximate surface area is 91.1 Å². The topological polar surface area (TPSA) is 29.9 Å². The second kappa shape index (κ2) is 3.80. The van der Waals surface area contributed by atoms with E-state index in [1.54, 1.807) is 0 Å². The first kappa shape index (κ1) is 9.21. The molecular formula is C11H10BrN2+. The Morgan fingerprint density at radius 1 is 1.00 bits per heavy atom. The molecule has 0 amide bonds. The van der Waals surface area contributed by atoms with Crippen LogP contribution in [-0.4, -0.2) is 0 Å². The van der Waals surface area contributed by atoms with Crippen LogP contribution in [-0.2, 0) is 0 Å². The Hall–Kier alpha value is -1.35. The van der Waals surface area contributed by atoms with Gasteiger partial charge in [0.25, 0.3) is 4.60 Å². The van der Waals surface area contributed by atoms with Crippen LogP contribution in [0.25, 0.3) is 5.69 Å². The molecular weight excluding hydrogens is 240 g/mol. The number of halogens is 1. The molecule has 2 rings (SSSR count). The fraction of sp³-hybridized carbons (Fsp3) is 0. The van der Waals surface area contributed by atoms with E-state index in [4.69, 9.17) is 5.73 Å². The molecule has 0 unspecified atom stereocenters. The lowest BCUT2D eigenvalue weighted by molar-refractivity contribution is -0.606. The van der Waals surface area contributed by atoms with Crippen molar-refractivity contribution in [2.75, 3.05) is 5.73 Å². The zero-order valence-electron chi connectivity index (χ0n) is 7.52. The van der Waals surface area contributed by atoms with Crippen LogP contribution in [0, 0.1) is 0 Å². The molecule has 0 saturated heterocycles. The van der Waals surface area contributed by atoms with Gasteiger partial charge in [0.15, 0.2) is 6.20 Å². The van der Waals surface area contributed by atoms with Crippen LogP contribution >= 0.6 is 15.9 Å². The van der Waals surface area contributed by atoms with Gasteiger partial charge in [0, 0.05) is 34.1 Å². The van der Waals surface area contributed by atoms with E-state index in [1.165, 1.54) is 0 Å². The zero-order chi connectivity index (χ0) is 9.97. The highest BCUT2D eigenvalue weighted by molar-refractivity contribution is 9.10. The molecule has 2 N–H and O–H groups in total.